The molecule has 1 atom stereocenters. The van der Waals surface area contributed by atoms with Crippen LogP contribution < -0.4 is 10.6 Å². The smallest absolute Gasteiger partial charge is 0.318 e. The molecular formula is C15H22F3N3O3. The van der Waals surface area contributed by atoms with Gasteiger partial charge in [0.05, 0.1) is 0 Å². The van der Waals surface area contributed by atoms with Gasteiger partial charge in [-0.25, -0.2) is 4.79 Å². The fourth-order valence-electron chi connectivity index (χ4n) is 3.17. The van der Waals surface area contributed by atoms with E-state index in [0.29, 0.717) is 30.6 Å². The molecule has 1 aliphatic carbocycles. The van der Waals surface area contributed by atoms with Gasteiger partial charge in [0.25, 0.3) is 11.6 Å². The molecular weight excluding hydrogens is 327 g/mol. The van der Waals surface area contributed by atoms with E-state index < -0.39 is 35.7 Å². The van der Waals surface area contributed by atoms with Crippen LogP contribution in [0.25, 0.3) is 0 Å². The number of unbranched alkanes of at least 4 members (excludes halogenated alkanes) is 1. The summed E-state index contributed by atoms with van der Waals surface area (Å²) in [6, 6.07) is -1.65. The summed E-state index contributed by atoms with van der Waals surface area (Å²) >= 11 is 0. The number of nitrogens with one attached hydrogen (secondary N) is 2. The van der Waals surface area contributed by atoms with Crippen molar-refractivity contribution in [3.63, 3.8) is 0 Å². The van der Waals surface area contributed by atoms with Gasteiger partial charge in [0.15, 0.2) is 0 Å². The summed E-state index contributed by atoms with van der Waals surface area (Å²) < 4.78 is 40.8. The number of hydrogen-bond donors (Lipinski definition) is 2. The Morgan fingerprint density at radius 3 is 2.46 bits per heavy atom. The van der Waals surface area contributed by atoms with Crippen molar-refractivity contribution in [2.75, 3.05) is 0 Å². The normalized spacial score (nSPS) is 25.8. The number of amides is 4. The maximum absolute atomic E-state index is 13.6. The minimum Gasteiger partial charge on any atom is -0.318 e. The number of carbonyl (C=O) groups excluding carboxylic acids is 3. The molecule has 0 radical (unpaired) electrons. The van der Waals surface area contributed by atoms with E-state index in [1.165, 1.54) is 0 Å². The number of urea groups is 1. The first kappa shape index (κ1) is 18.5. The molecule has 2 rings (SSSR count). The molecule has 24 heavy (non-hydrogen) atoms. The average Bonchev–Trinajstić information content (AvgIpc) is 2.77. The second-order valence-corrected chi connectivity index (χ2v) is 6.30. The van der Waals surface area contributed by atoms with Gasteiger partial charge in [0.2, 0.25) is 5.91 Å². The van der Waals surface area contributed by atoms with Gasteiger partial charge >= 0.3 is 12.2 Å². The van der Waals surface area contributed by atoms with Crippen LogP contribution >= 0.6 is 0 Å². The zero-order valence-corrected chi connectivity index (χ0v) is 13.5. The van der Waals surface area contributed by atoms with Crippen LogP contribution in [0.3, 0.4) is 0 Å². The molecule has 0 spiro atoms. The van der Waals surface area contributed by atoms with Gasteiger partial charge in [-0.15, -0.1) is 0 Å². The molecule has 2 aliphatic rings. The van der Waals surface area contributed by atoms with Crippen LogP contribution in [-0.4, -0.2) is 40.6 Å². The SMILES string of the molecule is CCCCC(=O)NC1(C(F)(F)F)NC(=O)N(C2CCCCC2)C1=O. The number of carbonyl (C=O) groups is 3. The Hall–Kier alpha value is -1.80. The summed E-state index contributed by atoms with van der Waals surface area (Å²) in [6.45, 7) is 1.79. The minimum atomic E-state index is -5.12. The first-order valence-electron chi connectivity index (χ1n) is 8.26. The summed E-state index contributed by atoms with van der Waals surface area (Å²) in [6.07, 6.45) is -0.833. The molecule has 6 nitrogen and oxygen atoms in total. The van der Waals surface area contributed by atoms with Gasteiger partial charge in [-0.2, -0.15) is 13.2 Å². The Morgan fingerprint density at radius 2 is 1.92 bits per heavy atom. The Morgan fingerprint density at radius 1 is 1.29 bits per heavy atom. The molecule has 2 N–H and O–H groups in total. The Balaban J connectivity index is 2.26. The second kappa shape index (κ2) is 6.98. The molecule has 0 aromatic rings. The Bertz CT molecular complexity index is 518. The summed E-state index contributed by atoms with van der Waals surface area (Å²) in [5.74, 6) is -2.34. The van der Waals surface area contributed by atoms with Crippen LogP contribution in [0, 0.1) is 0 Å². The lowest BCUT2D eigenvalue weighted by Gasteiger charge is -2.32. The first-order chi connectivity index (χ1) is 11.2. The topological polar surface area (TPSA) is 78.5 Å². The van der Waals surface area contributed by atoms with E-state index in [-0.39, 0.29) is 6.42 Å². The van der Waals surface area contributed by atoms with Gasteiger partial charge in [0, 0.05) is 12.5 Å². The number of nitrogens with zero attached hydrogens (tertiary/aromatic N) is 1. The largest absolute Gasteiger partial charge is 0.440 e. The summed E-state index contributed by atoms with van der Waals surface area (Å²) in [7, 11) is 0. The number of hydrogen-bond acceptors (Lipinski definition) is 3. The molecule has 1 saturated carbocycles. The molecule has 1 aliphatic heterocycles. The molecule has 1 unspecified atom stereocenters. The molecule has 0 aromatic heterocycles. The zero-order valence-electron chi connectivity index (χ0n) is 13.5. The third kappa shape index (κ3) is 3.34. The molecule has 1 saturated heterocycles. The van der Waals surface area contributed by atoms with E-state index in [1.807, 2.05) is 0 Å². The van der Waals surface area contributed by atoms with Crippen LogP contribution in [0.2, 0.25) is 0 Å². The average molecular weight is 349 g/mol. The lowest BCUT2D eigenvalue weighted by Crippen LogP contribution is -2.69. The summed E-state index contributed by atoms with van der Waals surface area (Å²) in [4.78, 5) is 37.0. The molecule has 4 amide bonds. The summed E-state index contributed by atoms with van der Waals surface area (Å²) in [5.41, 5.74) is -3.35. The fourth-order valence-corrected chi connectivity index (χ4v) is 3.17. The van der Waals surface area contributed by atoms with Gasteiger partial charge in [0.1, 0.15) is 0 Å². The highest BCUT2D eigenvalue weighted by atomic mass is 19.4. The molecule has 2 fully saturated rings. The highest BCUT2D eigenvalue weighted by Gasteiger charge is 2.69. The third-order valence-electron chi connectivity index (χ3n) is 4.50. The third-order valence-corrected chi connectivity index (χ3v) is 4.50. The van der Waals surface area contributed by atoms with Crippen molar-refractivity contribution in [1.82, 2.24) is 15.5 Å². The maximum Gasteiger partial charge on any atom is 0.440 e. The van der Waals surface area contributed by atoms with Crippen LogP contribution in [0.5, 0.6) is 0 Å². The number of halogens is 3. The number of imide groups is 1. The van der Waals surface area contributed by atoms with Crippen molar-refractivity contribution < 1.29 is 27.6 Å². The molecule has 0 aromatic carbocycles. The Labute approximate surface area is 138 Å². The van der Waals surface area contributed by atoms with Crippen molar-refractivity contribution >= 4 is 17.8 Å². The van der Waals surface area contributed by atoms with E-state index in [1.54, 1.807) is 17.6 Å². The number of alkyl halides is 3. The lowest BCUT2D eigenvalue weighted by molar-refractivity contribution is -0.204. The van der Waals surface area contributed by atoms with Crippen LogP contribution in [0.15, 0.2) is 0 Å². The summed E-state index contributed by atoms with van der Waals surface area (Å²) in [5, 5.41) is 3.42. The van der Waals surface area contributed by atoms with E-state index in [0.717, 1.165) is 19.3 Å². The van der Waals surface area contributed by atoms with Crippen molar-refractivity contribution in [1.29, 1.82) is 0 Å². The van der Waals surface area contributed by atoms with E-state index in [9.17, 15) is 27.6 Å². The second-order valence-electron chi connectivity index (χ2n) is 6.30. The standard InChI is InChI=1S/C15H22F3N3O3/c1-2-3-9-11(22)19-14(15(16,17)18)12(23)21(13(24)20-14)10-7-5-4-6-8-10/h10H,2-9H2,1H3,(H,19,22)(H,20,24). The monoisotopic (exact) mass is 349 g/mol. The van der Waals surface area contributed by atoms with Gasteiger partial charge in [-0.3, -0.25) is 19.8 Å². The van der Waals surface area contributed by atoms with Crippen LogP contribution in [0.1, 0.15) is 58.3 Å². The highest BCUT2D eigenvalue weighted by Crippen LogP contribution is 2.36. The van der Waals surface area contributed by atoms with E-state index in [4.69, 9.17) is 0 Å². The van der Waals surface area contributed by atoms with Crippen molar-refractivity contribution in [2.24, 2.45) is 0 Å². The van der Waals surface area contributed by atoms with E-state index in [2.05, 4.69) is 0 Å². The fraction of sp³-hybridized carbons (Fsp3) is 0.800. The van der Waals surface area contributed by atoms with Crippen molar-refractivity contribution in [3.05, 3.63) is 0 Å². The quantitative estimate of drug-likeness (QED) is 0.748. The number of rotatable bonds is 5. The highest BCUT2D eigenvalue weighted by molar-refractivity contribution is 6.09. The molecule has 0 bridgehead atoms. The van der Waals surface area contributed by atoms with E-state index >= 15 is 0 Å². The van der Waals surface area contributed by atoms with Crippen molar-refractivity contribution in [3.8, 4) is 0 Å². The van der Waals surface area contributed by atoms with Gasteiger partial charge in [-0.1, -0.05) is 32.6 Å². The maximum atomic E-state index is 13.6. The molecule has 1 heterocycles. The minimum absolute atomic E-state index is 0.138. The zero-order chi connectivity index (χ0) is 18.0. The lowest BCUT2D eigenvalue weighted by atomic mass is 9.94. The van der Waals surface area contributed by atoms with Crippen LogP contribution in [-0.2, 0) is 9.59 Å². The molecule has 9 heteroatoms. The van der Waals surface area contributed by atoms with Crippen molar-refractivity contribution in [2.45, 2.75) is 76.2 Å². The van der Waals surface area contributed by atoms with Crippen LogP contribution in [0.4, 0.5) is 18.0 Å². The van der Waals surface area contributed by atoms with Gasteiger partial charge < -0.3 is 5.32 Å². The first-order valence-corrected chi connectivity index (χ1v) is 8.26. The predicted octanol–water partition coefficient (Wildman–Crippen LogP) is 2.44. The van der Waals surface area contributed by atoms with Gasteiger partial charge in [-0.05, 0) is 19.3 Å². The predicted molar refractivity (Wildman–Crippen MR) is 78.7 cm³/mol. The molecule has 136 valence electrons. The Kier molecular flexibility index (Phi) is 5.39.